The van der Waals surface area contributed by atoms with Crippen molar-refractivity contribution in [2.75, 3.05) is 5.32 Å². The Balaban J connectivity index is 1.62. The zero-order valence-electron chi connectivity index (χ0n) is 15.7. The molecule has 1 aromatic carbocycles. The molecule has 0 bridgehead atoms. The molecule has 2 aromatic heterocycles. The van der Waals surface area contributed by atoms with E-state index in [4.69, 9.17) is 0 Å². The van der Waals surface area contributed by atoms with Gasteiger partial charge in [-0.1, -0.05) is 25.0 Å². The van der Waals surface area contributed by atoms with Crippen LogP contribution in [0.2, 0.25) is 0 Å². The predicted octanol–water partition coefficient (Wildman–Crippen LogP) is 3.57. The number of amides is 1. The number of fused-ring (bicyclic) bond motifs is 1. The number of anilines is 1. The van der Waals surface area contributed by atoms with Crippen molar-refractivity contribution in [3.8, 4) is 0 Å². The van der Waals surface area contributed by atoms with Crippen LogP contribution in [0.15, 0.2) is 41.3 Å². The first-order valence-corrected chi connectivity index (χ1v) is 9.48. The number of carbonyl (C=O) groups excluding carboxylic acids is 1. The average Bonchev–Trinajstić information content (AvgIpc) is 3.29. The number of para-hydroxylation sites is 1. The highest BCUT2D eigenvalue weighted by Gasteiger charge is 2.22. The first-order valence-electron chi connectivity index (χ1n) is 9.48. The lowest BCUT2D eigenvalue weighted by atomic mass is 10.2. The molecule has 1 saturated carbocycles. The van der Waals surface area contributed by atoms with Gasteiger partial charge < -0.3 is 9.88 Å². The Bertz CT molecular complexity index is 1060. The van der Waals surface area contributed by atoms with Crippen LogP contribution in [0.5, 0.6) is 0 Å². The van der Waals surface area contributed by atoms with Crippen molar-refractivity contribution in [2.45, 2.75) is 52.1 Å². The fraction of sp³-hybridized carbons (Fsp3) is 0.381. The van der Waals surface area contributed by atoms with E-state index in [1.54, 1.807) is 12.1 Å². The summed E-state index contributed by atoms with van der Waals surface area (Å²) in [7, 11) is 0. The third kappa shape index (κ3) is 3.27. The molecule has 4 rings (SSSR count). The third-order valence-corrected chi connectivity index (χ3v) is 5.43. The molecule has 0 aliphatic heterocycles. The molecule has 27 heavy (non-hydrogen) atoms. The van der Waals surface area contributed by atoms with E-state index in [1.807, 2.05) is 47.5 Å². The van der Waals surface area contributed by atoms with Gasteiger partial charge in [0.15, 0.2) is 5.43 Å². The maximum atomic E-state index is 12.8. The fourth-order valence-electron chi connectivity index (χ4n) is 4.01. The molecule has 1 aliphatic carbocycles. The van der Waals surface area contributed by atoms with Crippen LogP contribution in [-0.4, -0.2) is 20.3 Å². The van der Waals surface area contributed by atoms with E-state index in [-0.39, 0.29) is 17.9 Å². The number of carbonyl (C=O) groups is 1. The highest BCUT2D eigenvalue weighted by molar-refractivity contribution is 5.91. The minimum absolute atomic E-state index is 0.0186. The maximum absolute atomic E-state index is 12.8. The number of pyridine rings is 1. The predicted molar refractivity (Wildman–Crippen MR) is 106 cm³/mol. The van der Waals surface area contributed by atoms with E-state index in [2.05, 4.69) is 10.4 Å². The van der Waals surface area contributed by atoms with Crippen LogP contribution in [0.4, 0.5) is 5.82 Å². The minimum atomic E-state index is -0.116. The van der Waals surface area contributed by atoms with Crippen molar-refractivity contribution in [3.05, 3.63) is 58.0 Å². The van der Waals surface area contributed by atoms with Gasteiger partial charge in [-0.3, -0.25) is 9.59 Å². The zero-order valence-corrected chi connectivity index (χ0v) is 15.7. The summed E-state index contributed by atoms with van der Waals surface area (Å²) in [6.07, 6.45) is 6.44. The Labute approximate surface area is 157 Å². The third-order valence-electron chi connectivity index (χ3n) is 5.43. The highest BCUT2D eigenvalue weighted by atomic mass is 16.2. The number of rotatable bonds is 4. The van der Waals surface area contributed by atoms with Gasteiger partial charge in [0.05, 0.1) is 17.8 Å². The lowest BCUT2D eigenvalue weighted by molar-refractivity contribution is -0.116. The summed E-state index contributed by atoms with van der Waals surface area (Å²) in [4.78, 5) is 25.0. The fourth-order valence-corrected chi connectivity index (χ4v) is 4.01. The van der Waals surface area contributed by atoms with Crippen molar-refractivity contribution in [1.82, 2.24) is 14.3 Å². The summed E-state index contributed by atoms with van der Waals surface area (Å²) in [6.45, 7) is 3.98. The number of aromatic nitrogens is 3. The second-order valence-electron chi connectivity index (χ2n) is 7.36. The molecule has 3 aromatic rings. The van der Waals surface area contributed by atoms with E-state index in [0.29, 0.717) is 11.4 Å². The molecular formula is C21H24N4O2. The molecule has 1 aliphatic rings. The van der Waals surface area contributed by atoms with Gasteiger partial charge in [-0.05, 0) is 38.8 Å². The standard InChI is InChI=1S/C21H24N4O2/c1-14-12-22-25(16-7-3-4-8-16)21(14)23-20(27)13-24-15(2)11-19(26)17-9-5-6-10-18(17)24/h5-6,9-12,16H,3-4,7-8,13H2,1-2H3,(H,23,27). The van der Waals surface area contributed by atoms with Gasteiger partial charge in [0.25, 0.3) is 0 Å². The molecule has 0 unspecified atom stereocenters. The molecular weight excluding hydrogens is 340 g/mol. The Hall–Kier alpha value is -2.89. The number of nitrogens with zero attached hydrogens (tertiary/aromatic N) is 3. The van der Waals surface area contributed by atoms with Crippen molar-refractivity contribution >= 4 is 22.6 Å². The summed E-state index contributed by atoms with van der Waals surface area (Å²) in [6, 6.07) is 9.35. The van der Waals surface area contributed by atoms with E-state index in [1.165, 1.54) is 12.8 Å². The van der Waals surface area contributed by atoms with Gasteiger partial charge in [0.1, 0.15) is 12.4 Å². The Morgan fingerprint density at radius 2 is 1.96 bits per heavy atom. The van der Waals surface area contributed by atoms with Crippen molar-refractivity contribution in [3.63, 3.8) is 0 Å². The number of benzene rings is 1. The molecule has 6 heteroatoms. The summed E-state index contributed by atoms with van der Waals surface area (Å²) in [5, 5.41) is 8.17. The molecule has 1 amide bonds. The van der Waals surface area contributed by atoms with E-state index in [0.717, 1.165) is 35.4 Å². The van der Waals surface area contributed by atoms with Crippen LogP contribution in [0.1, 0.15) is 43.0 Å². The lowest BCUT2D eigenvalue weighted by Gasteiger charge is -2.17. The largest absolute Gasteiger partial charge is 0.335 e. The van der Waals surface area contributed by atoms with Gasteiger partial charge in [-0.15, -0.1) is 0 Å². The number of aryl methyl sites for hydroxylation is 2. The number of nitrogens with one attached hydrogen (secondary N) is 1. The van der Waals surface area contributed by atoms with Crippen molar-refractivity contribution in [2.24, 2.45) is 0 Å². The van der Waals surface area contributed by atoms with Crippen LogP contribution in [0.25, 0.3) is 10.9 Å². The summed E-state index contributed by atoms with van der Waals surface area (Å²) >= 11 is 0. The van der Waals surface area contributed by atoms with Gasteiger partial charge in [0.2, 0.25) is 5.91 Å². The summed E-state index contributed by atoms with van der Waals surface area (Å²) in [5.74, 6) is 0.671. The van der Waals surface area contributed by atoms with Gasteiger partial charge in [0, 0.05) is 22.7 Å². The minimum Gasteiger partial charge on any atom is -0.335 e. The molecule has 1 fully saturated rings. The Morgan fingerprint density at radius 1 is 1.22 bits per heavy atom. The smallest absolute Gasteiger partial charge is 0.245 e. The monoisotopic (exact) mass is 364 g/mol. The van der Waals surface area contributed by atoms with Gasteiger partial charge in [-0.25, -0.2) is 4.68 Å². The topological polar surface area (TPSA) is 68.9 Å². The molecule has 1 N–H and O–H groups in total. The molecule has 0 saturated heterocycles. The Kier molecular flexibility index (Phi) is 4.56. The van der Waals surface area contributed by atoms with Crippen molar-refractivity contribution in [1.29, 1.82) is 0 Å². The molecule has 140 valence electrons. The number of hydrogen-bond donors (Lipinski definition) is 1. The SMILES string of the molecule is Cc1cnn(C2CCCC2)c1NC(=O)Cn1c(C)cc(=O)c2ccccc21. The first kappa shape index (κ1) is 17.5. The van der Waals surface area contributed by atoms with Crippen molar-refractivity contribution < 1.29 is 4.79 Å². The summed E-state index contributed by atoms with van der Waals surface area (Å²) < 4.78 is 3.86. The van der Waals surface area contributed by atoms with Crippen LogP contribution in [0.3, 0.4) is 0 Å². The molecule has 6 nitrogen and oxygen atoms in total. The van der Waals surface area contributed by atoms with Crippen LogP contribution >= 0.6 is 0 Å². The van der Waals surface area contributed by atoms with Crippen LogP contribution in [0, 0.1) is 13.8 Å². The highest BCUT2D eigenvalue weighted by Crippen LogP contribution is 2.32. The quantitative estimate of drug-likeness (QED) is 0.769. The molecule has 0 radical (unpaired) electrons. The molecule has 2 heterocycles. The average molecular weight is 364 g/mol. The molecule has 0 atom stereocenters. The van der Waals surface area contributed by atoms with Crippen LogP contribution < -0.4 is 10.7 Å². The lowest BCUT2D eigenvalue weighted by Crippen LogP contribution is -2.24. The van der Waals surface area contributed by atoms with Gasteiger partial charge >= 0.3 is 0 Å². The zero-order chi connectivity index (χ0) is 19.0. The second kappa shape index (κ2) is 7.02. The Morgan fingerprint density at radius 3 is 2.74 bits per heavy atom. The maximum Gasteiger partial charge on any atom is 0.245 e. The summed E-state index contributed by atoms with van der Waals surface area (Å²) in [5.41, 5.74) is 2.50. The van der Waals surface area contributed by atoms with E-state index < -0.39 is 0 Å². The molecule has 0 spiro atoms. The van der Waals surface area contributed by atoms with E-state index in [9.17, 15) is 9.59 Å². The number of hydrogen-bond acceptors (Lipinski definition) is 3. The van der Waals surface area contributed by atoms with Crippen LogP contribution in [-0.2, 0) is 11.3 Å². The van der Waals surface area contributed by atoms with E-state index >= 15 is 0 Å². The second-order valence-corrected chi connectivity index (χ2v) is 7.36. The van der Waals surface area contributed by atoms with Gasteiger partial charge in [-0.2, -0.15) is 5.10 Å². The normalized spacial score (nSPS) is 14.7. The first-order chi connectivity index (χ1) is 13.0.